The minimum absolute atomic E-state index is 0.105. The molecule has 2 rings (SSSR count). The Kier molecular flexibility index (Phi) is 5.09. The number of amides is 1. The summed E-state index contributed by atoms with van der Waals surface area (Å²) in [7, 11) is 0. The van der Waals surface area contributed by atoms with Gasteiger partial charge in [-0.05, 0) is 19.1 Å². The summed E-state index contributed by atoms with van der Waals surface area (Å²) in [6, 6.07) is 7.19. The van der Waals surface area contributed by atoms with Gasteiger partial charge in [-0.2, -0.15) is 0 Å². The van der Waals surface area contributed by atoms with Crippen molar-refractivity contribution in [2.24, 2.45) is 0 Å². The summed E-state index contributed by atoms with van der Waals surface area (Å²) in [5.41, 5.74) is 7.88. The lowest BCUT2D eigenvalue weighted by Gasteiger charge is -2.08. The summed E-state index contributed by atoms with van der Waals surface area (Å²) in [6.45, 7) is 2.50. The molecule has 21 heavy (non-hydrogen) atoms. The van der Waals surface area contributed by atoms with E-state index in [1.165, 1.54) is 0 Å². The highest BCUT2D eigenvalue weighted by Gasteiger charge is 2.04. The molecular formula is C15H18N4O2. The van der Waals surface area contributed by atoms with Gasteiger partial charge in [0.1, 0.15) is 5.75 Å². The maximum absolute atomic E-state index is 11.7. The molecule has 0 atom stereocenters. The topological polar surface area (TPSA) is 90.1 Å². The number of carbonyl (C=O) groups excluding carboxylic acids is 1. The van der Waals surface area contributed by atoms with Crippen LogP contribution >= 0.6 is 0 Å². The molecular weight excluding hydrogens is 268 g/mol. The van der Waals surface area contributed by atoms with E-state index in [1.54, 1.807) is 24.5 Å². The number of anilines is 1. The number of aryl methyl sites for hydroxylation is 1. The number of benzene rings is 1. The second kappa shape index (κ2) is 7.23. The molecule has 0 bridgehead atoms. The minimum Gasteiger partial charge on any atom is -0.491 e. The van der Waals surface area contributed by atoms with Crippen molar-refractivity contribution in [3.8, 4) is 5.75 Å². The van der Waals surface area contributed by atoms with Crippen molar-refractivity contribution < 1.29 is 9.53 Å². The number of nitrogens with one attached hydrogen (secondary N) is 1. The molecule has 110 valence electrons. The van der Waals surface area contributed by atoms with Crippen LogP contribution in [0.4, 0.5) is 5.69 Å². The standard InChI is InChI=1S/C15H18N4O2/c1-11-8-18-12(9-17-11)10-19-15(20)6-7-21-14-5-3-2-4-13(14)16/h2-5,8-9H,6-7,10,16H2,1H3,(H,19,20). The van der Waals surface area contributed by atoms with Crippen LogP contribution in [-0.2, 0) is 11.3 Å². The molecule has 0 radical (unpaired) electrons. The zero-order valence-electron chi connectivity index (χ0n) is 11.9. The molecule has 0 aliphatic heterocycles. The van der Waals surface area contributed by atoms with Gasteiger partial charge in [-0.1, -0.05) is 12.1 Å². The Hall–Kier alpha value is -2.63. The number of hydrogen-bond acceptors (Lipinski definition) is 5. The van der Waals surface area contributed by atoms with Gasteiger partial charge >= 0.3 is 0 Å². The van der Waals surface area contributed by atoms with Gasteiger partial charge in [0.2, 0.25) is 5.91 Å². The number of para-hydroxylation sites is 2. The van der Waals surface area contributed by atoms with Gasteiger partial charge in [0.15, 0.2) is 0 Å². The van der Waals surface area contributed by atoms with Crippen molar-refractivity contribution in [2.75, 3.05) is 12.3 Å². The Morgan fingerprint density at radius 1 is 1.29 bits per heavy atom. The van der Waals surface area contributed by atoms with Crippen molar-refractivity contribution in [1.29, 1.82) is 0 Å². The SMILES string of the molecule is Cc1cnc(CNC(=O)CCOc2ccccc2N)cn1. The van der Waals surface area contributed by atoms with Crippen LogP contribution in [0.15, 0.2) is 36.7 Å². The Bertz CT molecular complexity index is 599. The first-order valence-corrected chi connectivity index (χ1v) is 6.66. The van der Waals surface area contributed by atoms with Gasteiger partial charge in [-0.15, -0.1) is 0 Å². The van der Waals surface area contributed by atoms with E-state index in [0.29, 0.717) is 18.0 Å². The molecule has 0 unspecified atom stereocenters. The fraction of sp³-hybridized carbons (Fsp3) is 0.267. The van der Waals surface area contributed by atoms with Gasteiger partial charge in [0.05, 0.1) is 42.8 Å². The van der Waals surface area contributed by atoms with Crippen LogP contribution in [-0.4, -0.2) is 22.5 Å². The maximum Gasteiger partial charge on any atom is 0.223 e. The van der Waals surface area contributed by atoms with Crippen molar-refractivity contribution in [3.63, 3.8) is 0 Å². The number of nitrogens with two attached hydrogens (primary N) is 1. The van der Waals surface area contributed by atoms with Crippen LogP contribution < -0.4 is 15.8 Å². The molecule has 6 nitrogen and oxygen atoms in total. The Morgan fingerprint density at radius 2 is 2.10 bits per heavy atom. The normalized spacial score (nSPS) is 10.1. The molecule has 0 fully saturated rings. The molecule has 1 aromatic carbocycles. The van der Waals surface area contributed by atoms with E-state index in [9.17, 15) is 4.79 Å². The lowest BCUT2D eigenvalue weighted by molar-refractivity contribution is -0.121. The van der Waals surface area contributed by atoms with Crippen molar-refractivity contribution >= 4 is 11.6 Å². The molecule has 0 saturated heterocycles. The number of aromatic nitrogens is 2. The van der Waals surface area contributed by atoms with Crippen LogP contribution in [0, 0.1) is 6.92 Å². The van der Waals surface area contributed by atoms with Gasteiger partial charge in [-0.25, -0.2) is 0 Å². The monoisotopic (exact) mass is 286 g/mol. The third-order valence-corrected chi connectivity index (χ3v) is 2.81. The quantitative estimate of drug-likeness (QED) is 0.784. The van der Waals surface area contributed by atoms with Crippen LogP contribution in [0.1, 0.15) is 17.8 Å². The molecule has 0 spiro atoms. The molecule has 1 heterocycles. The van der Waals surface area contributed by atoms with E-state index in [4.69, 9.17) is 10.5 Å². The summed E-state index contributed by atoms with van der Waals surface area (Å²) in [6.07, 6.45) is 3.58. The Morgan fingerprint density at radius 3 is 2.81 bits per heavy atom. The highest BCUT2D eigenvalue weighted by Crippen LogP contribution is 2.19. The summed E-state index contributed by atoms with van der Waals surface area (Å²) in [4.78, 5) is 20.0. The largest absolute Gasteiger partial charge is 0.491 e. The van der Waals surface area contributed by atoms with Gasteiger partial charge in [-0.3, -0.25) is 14.8 Å². The van der Waals surface area contributed by atoms with Crippen LogP contribution in [0.3, 0.4) is 0 Å². The summed E-state index contributed by atoms with van der Waals surface area (Å²) in [5, 5.41) is 2.77. The Labute approximate surface area is 123 Å². The average Bonchev–Trinajstić information content (AvgIpc) is 2.49. The fourth-order valence-corrected chi connectivity index (χ4v) is 1.65. The van der Waals surface area contributed by atoms with Crippen LogP contribution in [0.2, 0.25) is 0 Å². The minimum atomic E-state index is -0.105. The lowest BCUT2D eigenvalue weighted by atomic mass is 10.3. The summed E-state index contributed by atoms with van der Waals surface area (Å²) in [5.74, 6) is 0.488. The highest BCUT2D eigenvalue weighted by molar-refractivity contribution is 5.75. The predicted octanol–water partition coefficient (Wildman–Crippen LogP) is 1.45. The third kappa shape index (κ3) is 4.76. The summed E-state index contributed by atoms with van der Waals surface area (Å²) >= 11 is 0. The van der Waals surface area contributed by atoms with Gasteiger partial charge < -0.3 is 15.8 Å². The van der Waals surface area contributed by atoms with Crippen LogP contribution in [0.25, 0.3) is 0 Å². The average molecular weight is 286 g/mol. The Balaban J connectivity index is 1.70. The van der Waals surface area contributed by atoms with E-state index in [-0.39, 0.29) is 18.9 Å². The maximum atomic E-state index is 11.7. The first kappa shape index (κ1) is 14.8. The molecule has 3 N–H and O–H groups in total. The van der Waals surface area contributed by atoms with E-state index >= 15 is 0 Å². The molecule has 6 heteroatoms. The number of hydrogen-bond donors (Lipinski definition) is 2. The number of nitrogens with zero attached hydrogens (tertiary/aromatic N) is 2. The second-order valence-corrected chi connectivity index (χ2v) is 4.56. The van der Waals surface area contributed by atoms with E-state index in [1.807, 2.05) is 19.1 Å². The van der Waals surface area contributed by atoms with E-state index in [0.717, 1.165) is 11.4 Å². The molecule has 0 saturated carbocycles. The molecule has 0 aliphatic rings. The highest BCUT2D eigenvalue weighted by atomic mass is 16.5. The van der Waals surface area contributed by atoms with E-state index < -0.39 is 0 Å². The van der Waals surface area contributed by atoms with Crippen molar-refractivity contribution in [1.82, 2.24) is 15.3 Å². The van der Waals surface area contributed by atoms with Crippen molar-refractivity contribution in [2.45, 2.75) is 19.9 Å². The third-order valence-electron chi connectivity index (χ3n) is 2.81. The molecule has 2 aromatic rings. The van der Waals surface area contributed by atoms with Crippen molar-refractivity contribution in [3.05, 3.63) is 48.0 Å². The first-order valence-electron chi connectivity index (χ1n) is 6.66. The smallest absolute Gasteiger partial charge is 0.223 e. The number of carbonyl (C=O) groups is 1. The second-order valence-electron chi connectivity index (χ2n) is 4.56. The van der Waals surface area contributed by atoms with Gasteiger partial charge in [0, 0.05) is 6.20 Å². The zero-order chi connectivity index (χ0) is 15.1. The van der Waals surface area contributed by atoms with Gasteiger partial charge in [0.25, 0.3) is 0 Å². The number of nitrogen functional groups attached to an aromatic ring is 1. The number of rotatable bonds is 6. The zero-order valence-corrected chi connectivity index (χ0v) is 11.9. The molecule has 1 aromatic heterocycles. The van der Waals surface area contributed by atoms with Crippen LogP contribution in [0.5, 0.6) is 5.75 Å². The predicted molar refractivity (Wildman–Crippen MR) is 79.6 cm³/mol. The molecule has 1 amide bonds. The first-order chi connectivity index (χ1) is 10.1. The number of ether oxygens (including phenoxy) is 1. The van der Waals surface area contributed by atoms with E-state index in [2.05, 4.69) is 15.3 Å². The lowest BCUT2D eigenvalue weighted by Crippen LogP contribution is -2.25. The molecule has 0 aliphatic carbocycles. The summed E-state index contributed by atoms with van der Waals surface area (Å²) < 4.78 is 5.46. The fourth-order valence-electron chi connectivity index (χ4n) is 1.65.